The average molecular weight is 250 g/mol. The molecule has 1 aromatic rings. The molecule has 0 saturated carbocycles. The minimum Gasteiger partial charge on any atom is -0.267 e. The first kappa shape index (κ1) is 12.6. The molecule has 0 N–H and O–H groups in total. The van der Waals surface area contributed by atoms with Gasteiger partial charge < -0.3 is 0 Å². The summed E-state index contributed by atoms with van der Waals surface area (Å²) in [5.74, 6) is 0. The molecule has 0 unspecified atom stereocenters. The van der Waals surface area contributed by atoms with Gasteiger partial charge in [0.05, 0.1) is 11.5 Å². The standard InChI is InChI=1S/C8H10O3S.Cu/c1-2-11-12(9,10)8-6-4-3-5-7-8;/h3-7H,2H2,1H3;. The van der Waals surface area contributed by atoms with Crippen LogP contribution < -0.4 is 0 Å². The van der Waals surface area contributed by atoms with Gasteiger partial charge in [-0.2, -0.15) is 8.42 Å². The van der Waals surface area contributed by atoms with Gasteiger partial charge in [0.1, 0.15) is 0 Å². The summed E-state index contributed by atoms with van der Waals surface area (Å²) in [5, 5.41) is 0. The van der Waals surface area contributed by atoms with Crippen molar-refractivity contribution in [2.75, 3.05) is 6.61 Å². The van der Waals surface area contributed by atoms with Crippen molar-refractivity contribution >= 4 is 10.1 Å². The third-order valence-electron chi connectivity index (χ3n) is 1.30. The van der Waals surface area contributed by atoms with Gasteiger partial charge in [-0.25, -0.2) is 0 Å². The van der Waals surface area contributed by atoms with Gasteiger partial charge in [0.25, 0.3) is 10.1 Å². The Hall–Kier alpha value is -0.351. The van der Waals surface area contributed by atoms with E-state index in [9.17, 15) is 8.42 Å². The van der Waals surface area contributed by atoms with Crippen LogP contribution >= 0.6 is 0 Å². The minimum atomic E-state index is -3.51. The number of hydrogen-bond donors (Lipinski definition) is 0. The summed E-state index contributed by atoms with van der Waals surface area (Å²) in [6, 6.07) is 8.08. The van der Waals surface area contributed by atoms with Gasteiger partial charge in [0.15, 0.2) is 0 Å². The molecule has 0 aliphatic heterocycles. The second-order valence-corrected chi connectivity index (χ2v) is 3.79. The van der Waals surface area contributed by atoms with Gasteiger partial charge in [-0.1, -0.05) is 18.2 Å². The van der Waals surface area contributed by atoms with Crippen LogP contribution in [0.1, 0.15) is 6.92 Å². The van der Waals surface area contributed by atoms with Crippen LogP contribution in [-0.4, -0.2) is 15.0 Å². The number of rotatable bonds is 3. The molecule has 0 fully saturated rings. The molecule has 13 heavy (non-hydrogen) atoms. The van der Waals surface area contributed by atoms with Crippen molar-refractivity contribution in [3.8, 4) is 0 Å². The monoisotopic (exact) mass is 249 g/mol. The van der Waals surface area contributed by atoms with E-state index in [0.717, 1.165) is 0 Å². The zero-order valence-electron chi connectivity index (χ0n) is 7.03. The average Bonchev–Trinajstić information content (AvgIpc) is 2.06. The van der Waals surface area contributed by atoms with Gasteiger partial charge in [-0.3, -0.25) is 4.18 Å². The smallest absolute Gasteiger partial charge is 0.267 e. The van der Waals surface area contributed by atoms with Crippen LogP contribution in [0.5, 0.6) is 0 Å². The molecule has 1 aromatic carbocycles. The predicted octanol–water partition coefficient (Wildman–Crippen LogP) is 1.41. The van der Waals surface area contributed by atoms with Gasteiger partial charge in [-0.05, 0) is 19.1 Å². The van der Waals surface area contributed by atoms with Crippen LogP contribution in [0.15, 0.2) is 35.2 Å². The van der Waals surface area contributed by atoms with Crippen molar-refractivity contribution in [2.45, 2.75) is 11.8 Å². The van der Waals surface area contributed by atoms with E-state index < -0.39 is 10.1 Å². The molecule has 0 aromatic heterocycles. The number of hydrogen-bond acceptors (Lipinski definition) is 3. The van der Waals surface area contributed by atoms with E-state index in [-0.39, 0.29) is 28.6 Å². The van der Waals surface area contributed by atoms with Gasteiger partial charge >= 0.3 is 0 Å². The normalized spacial score (nSPS) is 10.5. The maximum Gasteiger partial charge on any atom is 0.296 e. The first-order valence-electron chi connectivity index (χ1n) is 3.61. The molecule has 0 atom stereocenters. The van der Waals surface area contributed by atoms with E-state index in [1.54, 1.807) is 25.1 Å². The molecular formula is C8H10CuO3S. The fourth-order valence-electron chi connectivity index (χ4n) is 0.810. The van der Waals surface area contributed by atoms with Crippen LogP contribution in [-0.2, 0) is 31.4 Å². The van der Waals surface area contributed by atoms with Crippen molar-refractivity contribution in [2.24, 2.45) is 0 Å². The van der Waals surface area contributed by atoms with E-state index in [1.165, 1.54) is 12.1 Å². The molecule has 0 aliphatic carbocycles. The SMILES string of the molecule is CCOS(=O)(=O)c1ccccc1.[Cu]. The Kier molecular flexibility index (Phi) is 5.25. The maximum atomic E-state index is 11.2. The largest absolute Gasteiger partial charge is 0.296 e. The Balaban J connectivity index is 0.00000144. The van der Waals surface area contributed by atoms with Crippen LogP contribution in [0.4, 0.5) is 0 Å². The molecule has 0 aliphatic rings. The van der Waals surface area contributed by atoms with Crippen molar-refractivity contribution < 1.29 is 29.7 Å². The molecule has 77 valence electrons. The summed E-state index contributed by atoms with van der Waals surface area (Å²) >= 11 is 0. The van der Waals surface area contributed by atoms with E-state index in [2.05, 4.69) is 4.18 Å². The first-order valence-corrected chi connectivity index (χ1v) is 5.02. The third kappa shape index (κ3) is 3.48. The van der Waals surface area contributed by atoms with Crippen molar-refractivity contribution in [1.29, 1.82) is 0 Å². The van der Waals surface area contributed by atoms with Crippen LogP contribution in [0.3, 0.4) is 0 Å². The summed E-state index contributed by atoms with van der Waals surface area (Å²) in [6.45, 7) is 1.80. The fourth-order valence-corrected chi connectivity index (χ4v) is 1.75. The Bertz CT molecular complexity index is 334. The maximum absolute atomic E-state index is 11.2. The summed E-state index contributed by atoms with van der Waals surface area (Å²) < 4.78 is 27.0. The van der Waals surface area contributed by atoms with Gasteiger partial charge in [0.2, 0.25) is 0 Å². The summed E-state index contributed by atoms with van der Waals surface area (Å²) in [4.78, 5) is 0.201. The molecule has 0 amide bonds. The van der Waals surface area contributed by atoms with Crippen LogP contribution in [0, 0.1) is 0 Å². The molecule has 1 radical (unpaired) electrons. The quantitative estimate of drug-likeness (QED) is 0.601. The molecule has 0 bridgehead atoms. The van der Waals surface area contributed by atoms with Crippen LogP contribution in [0.25, 0.3) is 0 Å². The molecule has 0 saturated heterocycles. The Morgan fingerprint density at radius 3 is 2.23 bits per heavy atom. The second kappa shape index (κ2) is 5.39. The summed E-state index contributed by atoms with van der Waals surface area (Å²) in [6.07, 6.45) is 0. The minimum absolute atomic E-state index is 0. The molecule has 0 heterocycles. The topological polar surface area (TPSA) is 43.4 Å². The zero-order valence-corrected chi connectivity index (χ0v) is 8.79. The number of benzene rings is 1. The predicted molar refractivity (Wildman–Crippen MR) is 45.3 cm³/mol. The molecular weight excluding hydrogens is 240 g/mol. The van der Waals surface area contributed by atoms with Gasteiger partial charge in [0, 0.05) is 17.1 Å². The zero-order chi connectivity index (χ0) is 9.03. The molecule has 0 spiro atoms. The van der Waals surface area contributed by atoms with E-state index in [4.69, 9.17) is 0 Å². The Morgan fingerprint density at radius 2 is 1.77 bits per heavy atom. The fraction of sp³-hybridized carbons (Fsp3) is 0.250. The Morgan fingerprint density at radius 1 is 1.23 bits per heavy atom. The third-order valence-corrected chi connectivity index (χ3v) is 2.70. The first-order chi connectivity index (χ1) is 5.67. The summed E-state index contributed by atoms with van der Waals surface area (Å²) in [7, 11) is -3.51. The van der Waals surface area contributed by atoms with Crippen LogP contribution in [0.2, 0.25) is 0 Å². The molecule has 3 nitrogen and oxygen atoms in total. The molecule has 5 heteroatoms. The summed E-state index contributed by atoms with van der Waals surface area (Å²) in [5.41, 5.74) is 0. The van der Waals surface area contributed by atoms with Crippen molar-refractivity contribution in [3.05, 3.63) is 30.3 Å². The van der Waals surface area contributed by atoms with Crippen molar-refractivity contribution in [1.82, 2.24) is 0 Å². The van der Waals surface area contributed by atoms with Crippen molar-refractivity contribution in [3.63, 3.8) is 0 Å². The van der Waals surface area contributed by atoms with Gasteiger partial charge in [-0.15, -0.1) is 0 Å². The van der Waals surface area contributed by atoms with E-state index in [1.807, 2.05) is 0 Å². The second-order valence-electron chi connectivity index (χ2n) is 2.17. The van der Waals surface area contributed by atoms with E-state index in [0.29, 0.717) is 0 Å². The Labute approximate surface area is 88.7 Å². The molecule has 1 rings (SSSR count). The van der Waals surface area contributed by atoms with E-state index >= 15 is 0 Å².